The first-order valence-electron chi connectivity index (χ1n) is 1.75. The number of hydrogen-bond donors (Lipinski definition) is 0. The molecule has 3 nitrogen and oxygen atoms in total. The molecule has 0 aromatic heterocycles. The monoisotopic (exact) mass is 113 g/mol. The molecule has 1 aliphatic rings. The minimum atomic E-state index is 0.677. The minimum absolute atomic E-state index is 0.677. The summed E-state index contributed by atoms with van der Waals surface area (Å²) in [4.78, 5) is 0. The van der Waals surface area contributed by atoms with Crippen LogP contribution in [0.5, 0.6) is 0 Å². The molecule has 0 saturated heterocycles. The van der Waals surface area contributed by atoms with Gasteiger partial charge in [-0.25, -0.2) is 0 Å². The summed E-state index contributed by atoms with van der Waals surface area (Å²) in [5, 5.41) is 13.1. The van der Waals surface area contributed by atoms with E-state index in [-0.39, 0.29) is 0 Å². The van der Waals surface area contributed by atoms with E-state index in [4.69, 9.17) is 5.26 Å². The lowest BCUT2D eigenvalue weighted by molar-refractivity contribution is 0.503. The number of rotatable bonds is 0. The average molecular weight is 113 g/mol. The van der Waals surface area contributed by atoms with Crippen LogP contribution in [0.3, 0.4) is 0 Å². The van der Waals surface area contributed by atoms with E-state index >= 15 is 0 Å². The van der Waals surface area contributed by atoms with Gasteiger partial charge in [-0.05, 0) is 0 Å². The van der Waals surface area contributed by atoms with Crippen molar-refractivity contribution in [3.63, 3.8) is 0 Å². The number of thioether (sulfide) groups is 1. The highest BCUT2D eigenvalue weighted by atomic mass is 32.2. The Morgan fingerprint density at radius 2 is 2.86 bits per heavy atom. The van der Waals surface area contributed by atoms with E-state index in [1.54, 1.807) is 5.55 Å². The molecule has 0 aliphatic carbocycles. The summed E-state index contributed by atoms with van der Waals surface area (Å²) in [7, 11) is 0. The van der Waals surface area contributed by atoms with Gasteiger partial charge in [0.05, 0.1) is 5.55 Å². The van der Waals surface area contributed by atoms with Crippen LogP contribution >= 0.6 is 11.8 Å². The van der Waals surface area contributed by atoms with E-state index in [1.807, 2.05) is 6.19 Å². The first-order valence-corrected chi connectivity index (χ1v) is 2.79. The maximum atomic E-state index is 8.11. The molecule has 0 radical (unpaired) electrons. The quantitative estimate of drug-likeness (QED) is 0.427. The van der Waals surface area contributed by atoms with Crippen LogP contribution in [0.4, 0.5) is 0 Å². The Bertz CT molecular complexity index is 125. The van der Waals surface area contributed by atoms with Gasteiger partial charge in [-0.15, -0.1) is 0 Å². The smallest absolute Gasteiger partial charge is 0.189 e. The highest BCUT2D eigenvalue weighted by Crippen LogP contribution is 2.06. The maximum Gasteiger partial charge on any atom is 0.202 e. The molecule has 1 aliphatic heterocycles. The Morgan fingerprint density at radius 3 is 3.14 bits per heavy atom. The van der Waals surface area contributed by atoms with Crippen molar-refractivity contribution in [1.82, 2.24) is 5.01 Å². The van der Waals surface area contributed by atoms with Crippen molar-refractivity contribution in [3.8, 4) is 6.19 Å². The van der Waals surface area contributed by atoms with Crippen molar-refractivity contribution in [2.45, 2.75) is 0 Å². The van der Waals surface area contributed by atoms with Crippen molar-refractivity contribution < 1.29 is 0 Å². The maximum absolute atomic E-state index is 8.11. The summed E-state index contributed by atoms with van der Waals surface area (Å²) in [6.45, 7) is 0. The Kier molecular flexibility index (Phi) is 1.18. The van der Waals surface area contributed by atoms with E-state index in [1.165, 1.54) is 16.8 Å². The minimum Gasteiger partial charge on any atom is -0.189 e. The topological polar surface area (TPSA) is 39.4 Å². The molecular weight excluding hydrogens is 110 g/mol. The second-order valence-electron chi connectivity index (χ2n) is 1.02. The molecule has 0 aromatic carbocycles. The van der Waals surface area contributed by atoms with Gasteiger partial charge in [0.1, 0.15) is 5.88 Å². The molecule has 1 heterocycles. The van der Waals surface area contributed by atoms with Gasteiger partial charge < -0.3 is 0 Å². The summed E-state index contributed by atoms with van der Waals surface area (Å²) < 4.78 is 0. The van der Waals surface area contributed by atoms with Crippen molar-refractivity contribution >= 4 is 17.3 Å². The molecule has 0 spiro atoms. The van der Waals surface area contributed by atoms with Gasteiger partial charge in [0, 0.05) is 0 Å². The SMILES string of the molecule is N#CN1CSC=N1. The zero-order valence-electron chi connectivity index (χ0n) is 3.53. The molecule has 0 atom stereocenters. The van der Waals surface area contributed by atoms with E-state index in [2.05, 4.69) is 5.10 Å². The first-order chi connectivity index (χ1) is 3.43. The molecule has 0 unspecified atom stereocenters. The molecule has 0 bridgehead atoms. The van der Waals surface area contributed by atoms with Crippen LogP contribution in [0.15, 0.2) is 5.10 Å². The summed E-state index contributed by atoms with van der Waals surface area (Å²) in [6, 6.07) is 0. The molecule has 4 heteroatoms. The first kappa shape index (κ1) is 4.47. The van der Waals surface area contributed by atoms with Crippen LogP contribution in [0, 0.1) is 11.5 Å². The lowest BCUT2D eigenvalue weighted by Gasteiger charge is -1.93. The number of hydrazone groups is 1. The van der Waals surface area contributed by atoms with Crippen LogP contribution in [-0.2, 0) is 0 Å². The highest BCUT2D eigenvalue weighted by Gasteiger charge is 2.01. The lowest BCUT2D eigenvalue weighted by Crippen LogP contribution is -2.01. The molecular formula is C3H3N3S. The van der Waals surface area contributed by atoms with Crippen molar-refractivity contribution in [2.75, 3.05) is 5.88 Å². The third-order valence-electron chi connectivity index (χ3n) is 0.573. The van der Waals surface area contributed by atoms with Gasteiger partial charge in [0.25, 0.3) is 0 Å². The van der Waals surface area contributed by atoms with E-state index in [0.717, 1.165) is 0 Å². The molecule has 0 saturated carbocycles. The summed E-state index contributed by atoms with van der Waals surface area (Å²) in [5.74, 6) is 0.677. The van der Waals surface area contributed by atoms with Gasteiger partial charge in [-0.2, -0.15) is 15.4 Å². The third kappa shape index (κ3) is 0.842. The zero-order valence-corrected chi connectivity index (χ0v) is 4.35. The molecule has 36 valence electrons. The zero-order chi connectivity index (χ0) is 5.11. The third-order valence-corrected chi connectivity index (χ3v) is 1.21. The fraction of sp³-hybridized carbons (Fsp3) is 0.333. The van der Waals surface area contributed by atoms with Crippen LogP contribution < -0.4 is 0 Å². The van der Waals surface area contributed by atoms with Crippen molar-refractivity contribution in [2.24, 2.45) is 5.10 Å². The second-order valence-corrected chi connectivity index (χ2v) is 1.82. The Balaban J connectivity index is 2.47. The predicted molar refractivity (Wildman–Crippen MR) is 28.4 cm³/mol. The fourth-order valence-electron chi connectivity index (χ4n) is 0.282. The van der Waals surface area contributed by atoms with Gasteiger partial charge in [0.15, 0.2) is 0 Å². The molecule has 0 amide bonds. The Hall–Kier alpha value is -0.690. The molecule has 0 N–H and O–H groups in total. The second kappa shape index (κ2) is 1.85. The highest BCUT2D eigenvalue weighted by molar-refractivity contribution is 8.12. The van der Waals surface area contributed by atoms with Gasteiger partial charge >= 0.3 is 0 Å². The van der Waals surface area contributed by atoms with E-state index < -0.39 is 0 Å². The van der Waals surface area contributed by atoms with Crippen LogP contribution in [-0.4, -0.2) is 16.4 Å². The summed E-state index contributed by atoms with van der Waals surface area (Å²) >= 11 is 1.52. The molecule has 7 heavy (non-hydrogen) atoms. The van der Waals surface area contributed by atoms with Gasteiger partial charge in [-0.3, -0.25) is 0 Å². The van der Waals surface area contributed by atoms with Crippen LogP contribution in [0.25, 0.3) is 0 Å². The fourth-order valence-corrected chi connectivity index (χ4v) is 0.795. The van der Waals surface area contributed by atoms with Crippen LogP contribution in [0.1, 0.15) is 0 Å². The number of nitrogens with zero attached hydrogens (tertiary/aromatic N) is 3. The van der Waals surface area contributed by atoms with Gasteiger partial charge in [0.2, 0.25) is 6.19 Å². The molecule has 0 aromatic rings. The standard InChI is InChI=1S/C3H3N3S/c4-1-6-3-7-2-5-6/h2H,3H2. The Labute approximate surface area is 45.6 Å². The van der Waals surface area contributed by atoms with Gasteiger partial charge in [-0.1, -0.05) is 11.8 Å². The largest absolute Gasteiger partial charge is 0.202 e. The van der Waals surface area contributed by atoms with E-state index in [9.17, 15) is 0 Å². The van der Waals surface area contributed by atoms with Crippen molar-refractivity contribution in [1.29, 1.82) is 5.26 Å². The van der Waals surface area contributed by atoms with Crippen LogP contribution in [0.2, 0.25) is 0 Å². The predicted octanol–water partition coefficient (Wildman–Crippen LogP) is 0.417. The Morgan fingerprint density at radius 1 is 2.00 bits per heavy atom. The normalized spacial score (nSPS) is 17.3. The lowest BCUT2D eigenvalue weighted by atomic mass is 11.1. The number of hydrogen-bond acceptors (Lipinski definition) is 4. The number of nitriles is 1. The van der Waals surface area contributed by atoms with E-state index in [0.29, 0.717) is 5.88 Å². The molecule has 0 fully saturated rings. The average Bonchev–Trinajstić information content (AvgIpc) is 2.14. The summed E-state index contributed by atoms with van der Waals surface area (Å²) in [5.41, 5.74) is 1.66. The molecule has 1 rings (SSSR count). The summed E-state index contributed by atoms with van der Waals surface area (Å²) in [6.07, 6.45) is 1.88. The van der Waals surface area contributed by atoms with Crippen molar-refractivity contribution in [3.05, 3.63) is 0 Å².